The number of phenolic OH excluding ortho intramolecular Hbond substituents is 1. The quantitative estimate of drug-likeness (QED) is 0.179. The molecule has 9 nitrogen and oxygen atoms in total. The van der Waals surface area contributed by atoms with Crippen LogP contribution in [-0.4, -0.2) is 50.5 Å². The lowest BCUT2D eigenvalue weighted by atomic mass is 9.67. The summed E-state index contributed by atoms with van der Waals surface area (Å²) in [7, 11) is 0. The van der Waals surface area contributed by atoms with Gasteiger partial charge < -0.3 is 25.0 Å². The number of carbonyl (C=O) groups is 3. The number of nitrogens with one attached hydrogen (secondary N) is 1. The van der Waals surface area contributed by atoms with E-state index in [1.807, 2.05) is 44.2 Å². The highest BCUT2D eigenvalue weighted by molar-refractivity contribution is 6.31. The van der Waals surface area contributed by atoms with E-state index in [2.05, 4.69) is 29.0 Å². The summed E-state index contributed by atoms with van der Waals surface area (Å²) in [5.74, 6) is 10.2. The molecule has 1 amide bonds. The molecular formula is C37H28N2O7. The number of anilines is 1. The number of carbonyl (C=O) groups excluding carboxylic acids is 3. The summed E-state index contributed by atoms with van der Waals surface area (Å²) < 4.78 is 12.0. The first kappa shape index (κ1) is 28.1. The summed E-state index contributed by atoms with van der Waals surface area (Å²) in [6.07, 6.45) is 1.31. The zero-order valence-electron chi connectivity index (χ0n) is 25.0. The predicted molar refractivity (Wildman–Crippen MR) is 166 cm³/mol. The molecular weight excluding hydrogens is 584 g/mol. The average molecular weight is 613 g/mol. The highest BCUT2D eigenvalue weighted by Gasteiger charge is 2.81. The van der Waals surface area contributed by atoms with Crippen molar-refractivity contribution in [3.05, 3.63) is 105 Å². The molecule has 46 heavy (non-hydrogen) atoms. The third-order valence-corrected chi connectivity index (χ3v) is 9.70. The number of nitrogens with zero attached hydrogens (tertiary/aromatic N) is 1. The minimum Gasteiger partial charge on any atom is -0.507 e. The van der Waals surface area contributed by atoms with Crippen molar-refractivity contribution < 1.29 is 34.1 Å². The van der Waals surface area contributed by atoms with Crippen molar-refractivity contribution in [2.24, 2.45) is 5.92 Å². The van der Waals surface area contributed by atoms with Crippen LogP contribution in [0.4, 0.5) is 10.5 Å². The highest BCUT2D eigenvalue weighted by atomic mass is 16.6. The van der Waals surface area contributed by atoms with Crippen molar-refractivity contribution in [2.45, 2.75) is 56.9 Å². The number of hydrogen-bond donors (Lipinski definition) is 3. The second kappa shape index (κ2) is 9.82. The minimum atomic E-state index is -1.39. The van der Waals surface area contributed by atoms with Gasteiger partial charge in [-0.25, -0.2) is 4.79 Å². The van der Waals surface area contributed by atoms with E-state index in [-0.39, 0.29) is 53.6 Å². The summed E-state index contributed by atoms with van der Waals surface area (Å²) in [4.78, 5) is 42.9. The van der Waals surface area contributed by atoms with E-state index >= 15 is 0 Å². The standard InChI is InChI=1S/C37H28N2O7/c1-20(2)36-28-12-8-3-4-9-13-29(41)37(36,46-36)26-16-27(40)30-31(32(26)38-28)34(43)25-15-23-18-39(17-22(23)14-24(25)33(30)42)35(44)45-19-21-10-6-5-7-11-21/h3-7,10-11,14-16,20,28-29,38,40-41H,17-19H2,1-2H3/b4-3-/t28-,29+,36-,37-/m0/s1. The lowest BCUT2D eigenvalue weighted by molar-refractivity contribution is 0.0955. The molecule has 0 aromatic heterocycles. The molecule has 0 spiro atoms. The van der Waals surface area contributed by atoms with Crippen LogP contribution >= 0.6 is 0 Å². The van der Waals surface area contributed by atoms with Gasteiger partial charge in [-0.05, 0) is 53.0 Å². The second-order valence-electron chi connectivity index (χ2n) is 12.5. The Balaban J connectivity index is 1.19. The fraction of sp³-hybridized carbons (Fsp3) is 0.270. The number of rotatable bonds is 3. The van der Waals surface area contributed by atoms with Crippen molar-refractivity contribution in [2.75, 3.05) is 5.32 Å². The van der Waals surface area contributed by atoms with E-state index in [9.17, 15) is 24.6 Å². The van der Waals surface area contributed by atoms with Gasteiger partial charge in [0.05, 0.1) is 16.8 Å². The maximum Gasteiger partial charge on any atom is 0.410 e. The van der Waals surface area contributed by atoms with Gasteiger partial charge in [-0.15, -0.1) is 0 Å². The summed E-state index contributed by atoms with van der Waals surface area (Å²) in [5, 5.41) is 26.2. The Morgan fingerprint density at radius 3 is 2.35 bits per heavy atom. The lowest BCUT2D eigenvalue weighted by Crippen LogP contribution is -2.52. The number of hydrogen-bond acceptors (Lipinski definition) is 8. The molecule has 0 saturated carbocycles. The molecule has 1 fully saturated rings. The number of aliphatic hydroxyl groups excluding tert-OH is 1. The molecule has 228 valence electrons. The zero-order valence-corrected chi connectivity index (χ0v) is 25.0. The zero-order chi connectivity index (χ0) is 32.0. The number of phenols is 1. The molecule has 0 unspecified atom stereocenters. The maximum atomic E-state index is 14.4. The van der Waals surface area contributed by atoms with Crippen LogP contribution in [-0.2, 0) is 34.8 Å². The maximum absolute atomic E-state index is 14.4. The third kappa shape index (κ3) is 3.70. The molecule has 3 aliphatic heterocycles. The van der Waals surface area contributed by atoms with Gasteiger partial charge in [-0.3, -0.25) is 14.5 Å². The number of fused-ring (bicyclic) bond motifs is 5. The molecule has 4 atom stereocenters. The van der Waals surface area contributed by atoms with Crippen LogP contribution in [0, 0.1) is 29.6 Å². The van der Waals surface area contributed by atoms with Crippen molar-refractivity contribution in [1.29, 1.82) is 0 Å². The van der Waals surface area contributed by atoms with Crippen molar-refractivity contribution in [3.63, 3.8) is 0 Å². The Hall–Kier alpha value is -5.35. The SMILES string of the molecule is CC(C)[C@@]12O[C@]13c1cc(O)c4c(c1N[C@H]2C#C/C=C\C#C[C@H]3O)C(=O)c1cc2c(cc1C4=O)CN(C(=O)OCc1ccccc1)C2. The van der Waals surface area contributed by atoms with Gasteiger partial charge >= 0.3 is 6.09 Å². The van der Waals surface area contributed by atoms with Gasteiger partial charge in [0.1, 0.15) is 24.0 Å². The number of benzene rings is 3. The molecule has 9 heteroatoms. The molecule has 0 radical (unpaired) electrons. The van der Waals surface area contributed by atoms with E-state index in [4.69, 9.17) is 9.47 Å². The van der Waals surface area contributed by atoms with Gasteiger partial charge in [0.2, 0.25) is 0 Å². The van der Waals surface area contributed by atoms with Gasteiger partial charge in [0.25, 0.3) is 0 Å². The molecule has 3 heterocycles. The second-order valence-corrected chi connectivity index (χ2v) is 12.5. The third-order valence-electron chi connectivity index (χ3n) is 9.70. The van der Waals surface area contributed by atoms with Crippen molar-refractivity contribution in [3.8, 4) is 29.4 Å². The average Bonchev–Trinajstić information content (AvgIpc) is 3.63. The number of ketones is 2. The predicted octanol–water partition coefficient (Wildman–Crippen LogP) is 4.17. The fourth-order valence-electron chi connectivity index (χ4n) is 7.52. The first-order valence-electron chi connectivity index (χ1n) is 15.1. The van der Waals surface area contributed by atoms with Crippen LogP contribution in [0.3, 0.4) is 0 Å². The van der Waals surface area contributed by atoms with E-state index in [1.165, 1.54) is 11.0 Å². The first-order chi connectivity index (χ1) is 22.2. The summed E-state index contributed by atoms with van der Waals surface area (Å²) in [5.41, 5.74) is 0.722. The molecule has 2 bridgehead atoms. The largest absolute Gasteiger partial charge is 0.507 e. The Kier molecular flexibility index (Phi) is 6.01. The Labute approximate surface area is 264 Å². The van der Waals surface area contributed by atoms with E-state index in [1.54, 1.807) is 24.3 Å². The number of aromatic hydroxyl groups is 1. The number of aliphatic hydroxyl groups is 1. The van der Waals surface area contributed by atoms with Crippen LogP contribution < -0.4 is 5.32 Å². The summed E-state index contributed by atoms with van der Waals surface area (Å²) >= 11 is 0. The minimum absolute atomic E-state index is 0.00337. The monoisotopic (exact) mass is 612 g/mol. The number of amides is 1. The Morgan fingerprint density at radius 1 is 1.02 bits per heavy atom. The Morgan fingerprint density at radius 2 is 1.67 bits per heavy atom. The van der Waals surface area contributed by atoms with Gasteiger partial charge in [-0.2, -0.15) is 0 Å². The van der Waals surface area contributed by atoms with Crippen molar-refractivity contribution >= 4 is 23.3 Å². The molecule has 3 aromatic rings. The van der Waals surface area contributed by atoms with Gasteiger partial charge in [0, 0.05) is 29.8 Å². The molecule has 8 rings (SSSR count). The highest BCUT2D eigenvalue weighted by Crippen LogP contribution is 2.68. The van der Waals surface area contributed by atoms with Gasteiger partial charge in [0.15, 0.2) is 23.3 Å². The van der Waals surface area contributed by atoms with Crippen molar-refractivity contribution in [1.82, 2.24) is 4.90 Å². The van der Waals surface area contributed by atoms with E-state index < -0.39 is 46.8 Å². The van der Waals surface area contributed by atoms with E-state index in [0.717, 1.165) is 16.7 Å². The number of allylic oxidation sites excluding steroid dienone is 2. The topological polar surface area (TPSA) is 129 Å². The molecule has 3 aromatic carbocycles. The van der Waals surface area contributed by atoms with Gasteiger partial charge in [-0.1, -0.05) is 67.9 Å². The fourth-order valence-corrected chi connectivity index (χ4v) is 7.52. The molecule has 2 aliphatic carbocycles. The summed E-state index contributed by atoms with van der Waals surface area (Å²) in [6, 6.07) is 13.4. The molecule has 5 aliphatic rings. The lowest BCUT2D eigenvalue weighted by Gasteiger charge is -2.38. The molecule has 1 saturated heterocycles. The smallest absolute Gasteiger partial charge is 0.410 e. The van der Waals surface area contributed by atoms with Crippen LogP contribution in [0.1, 0.15) is 67.9 Å². The number of ether oxygens (including phenoxy) is 2. The van der Waals surface area contributed by atoms with E-state index in [0.29, 0.717) is 5.56 Å². The van der Waals surface area contributed by atoms with Crippen LogP contribution in [0.25, 0.3) is 0 Å². The molecule has 3 N–H and O–H groups in total. The Bertz CT molecular complexity index is 2060. The van der Waals surface area contributed by atoms with Crippen LogP contribution in [0.15, 0.2) is 60.7 Å². The van der Waals surface area contributed by atoms with Crippen LogP contribution in [0.2, 0.25) is 0 Å². The summed E-state index contributed by atoms with van der Waals surface area (Å²) in [6.45, 7) is 4.46. The normalized spacial score (nSPS) is 26.5. The first-order valence-corrected chi connectivity index (χ1v) is 15.1. The number of epoxide rings is 1. The van der Waals surface area contributed by atoms with Crippen LogP contribution in [0.5, 0.6) is 5.75 Å².